The van der Waals surface area contributed by atoms with Crippen molar-refractivity contribution in [2.24, 2.45) is 0 Å². The van der Waals surface area contributed by atoms with Crippen LogP contribution in [0.25, 0.3) is 16.8 Å². The van der Waals surface area contributed by atoms with Gasteiger partial charge in [-0.3, -0.25) is 5.32 Å². The lowest BCUT2D eigenvalue weighted by Gasteiger charge is -2.35. The molecule has 3 aliphatic carbocycles. The van der Waals surface area contributed by atoms with Crippen LogP contribution in [0.5, 0.6) is 0 Å². The van der Waals surface area contributed by atoms with Crippen LogP contribution < -0.4 is 10.6 Å². The van der Waals surface area contributed by atoms with Crippen LogP contribution in [-0.2, 0) is 11.2 Å². The van der Waals surface area contributed by atoms with Crippen molar-refractivity contribution in [3.8, 4) is 0 Å². The monoisotopic (exact) mass is 472 g/mol. The molecule has 1 fully saturated rings. The van der Waals surface area contributed by atoms with E-state index in [9.17, 15) is 15.3 Å². The largest absolute Gasteiger partial charge is 0.512 e. The number of rotatable bonds is 4. The van der Waals surface area contributed by atoms with Crippen molar-refractivity contribution in [2.75, 3.05) is 0 Å². The smallest absolute Gasteiger partial charge is 0.186 e. The number of nitrogens with one attached hydrogen (secondary N) is 2. The first kappa shape index (κ1) is 22.3. The van der Waals surface area contributed by atoms with Crippen molar-refractivity contribution in [1.29, 1.82) is 0 Å². The van der Waals surface area contributed by atoms with Gasteiger partial charge in [0.1, 0.15) is 23.8 Å². The fourth-order valence-electron chi connectivity index (χ4n) is 5.71. The van der Waals surface area contributed by atoms with Crippen LogP contribution in [0, 0.1) is 0 Å². The van der Waals surface area contributed by atoms with Gasteiger partial charge in [0.15, 0.2) is 5.88 Å². The van der Waals surface area contributed by atoms with E-state index in [-0.39, 0.29) is 30.1 Å². The Morgan fingerprint density at radius 1 is 0.971 bits per heavy atom. The highest BCUT2D eigenvalue weighted by molar-refractivity contribution is 5.87. The summed E-state index contributed by atoms with van der Waals surface area (Å²) in [4.78, 5) is 0. The molecule has 2 aromatic carbocycles. The molecule has 182 valence electrons. The minimum Gasteiger partial charge on any atom is -0.512 e. The van der Waals surface area contributed by atoms with E-state index in [1.165, 1.54) is 40.8 Å². The standard InChI is InChI=1S/C29H32N2O4/c32-22-14-25(33)28(26(34)15-22)29-30-24(16-27(31-29)35-23-7-3-4-8-23)20-10-9-19-11-17-5-1-2-6-18(17)12-21(19)13-20/h2,6,9-14,16,22-24,29-34H,1,3-5,7-8,15H2. The normalized spacial score (nSPS) is 26.8. The van der Waals surface area contributed by atoms with Crippen molar-refractivity contribution in [3.05, 3.63) is 88.2 Å². The van der Waals surface area contributed by atoms with Gasteiger partial charge in [-0.2, -0.15) is 0 Å². The molecule has 2 aromatic rings. The number of allylic oxidation sites excluding steroid dienone is 1. The molecule has 1 saturated carbocycles. The number of ether oxygens (including phenoxy) is 1. The third-order valence-electron chi connectivity index (χ3n) is 7.53. The highest BCUT2D eigenvalue weighted by Gasteiger charge is 2.33. The summed E-state index contributed by atoms with van der Waals surface area (Å²) in [6.45, 7) is 0. The summed E-state index contributed by atoms with van der Waals surface area (Å²) < 4.78 is 6.32. The number of aliphatic hydroxyl groups is 3. The topological polar surface area (TPSA) is 94.0 Å². The zero-order valence-electron chi connectivity index (χ0n) is 19.7. The van der Waals surface area contributed by atoms with Crippen LogP contribution >= 0.6 is 0 Å². The molecule has 0 saturated heterocycles. The van der Waals surface area contributed by atoms with Gasteiger partial charge in [0.05, 0.1) is 17.7 Å². The quantitative estimate of drug-likeness (QED) is 0.421. The van der Waals surface area contributed by atoms with E-state index in [4.69, 9.17) is 4.74 Å². The lowest BCUT2D eigenvalue weighted by molar-refractivity contribution is 0.0934. The third kappa shape index (κ3) is 4.44. The zero-order valence-corrected chi connectivity index (χ0v) is 19.7. The predicted molar refractivity (Wildman–Crippen MR) is 137 cm³/mol. The van der Waals surface area contributed by atoms with E-state index < -0.39 is 12.3 Å². The maximum atomic E-state index is 10.6. The zero-order chi connectivity index (χ0) is 23.9. The molecule has 6 rings (SSSR count). The fourth-order valence-corrected chi connectivity index (χ4v) is 5.71. The molecule has 0 aromatic heterocycles. The molecule has 0 radical (unpaired) electrons. The summed E-state index contributed by atoms with van der Waals surface area (Å²) in [5.74, 6) is 0.502. The Kier molecular flexibility index (Phi) is 5.78. The van der Waals surface area contributed by atoms with Crippen molar-refractivity contribution >= 4 is 16.8 Å². The van der Waals surface area contributed by atoms with E-state index in [1.807, 2.05) is 6.08 Å². The van der Waals surface area contributed by atoms with Crippen LogP contribution in [0.15, 0.2) is 71.5 Å². The minimum absolute atomic E-state index is 0.0275. The van der Waals surface area contributed by atoms with Crippen LogP contribution in [0.2, 0.25) is 0 Å². The van der Waals surface area contributed by atoms with Crippen molar-refractivity contribution in [2.45, 2.75) is 69.4 Å². The lowest BCUT2D eigenvalue weighted by Crippen LogP contribution is -2.50. The van der Waals surface area contributed by atoms with Crippen LogP contribution in [0.3, 0.4) is 0 Å². The predicted octanol–water partition coefficient (Wildman–Crippen LogP) is 5.18. The van der Waals surface area contributed by atoms with Gasteiger partial charge in [-0.15, -0.1) is 0 Å². The Balaban J connectivity index is 1.36. The molecule has 5 N–H and O–H groups in total. The van der Waals surface area contributed by atoms with E-state index in [1.54, 1.807) is 0 Å². The van der Waals surface area contributed by atoms with E-state index >= 15 is 0 Å². The first-order valence-corrected chi connectivity index (χ1v) is 12.7. The summed E-state index contributed by atoms with van der Waals surface area (Å²) in [5, 5.41) is 40.3. The molecule has 6 nitrogen and oxygen atoms in total. The van der Waals surface area contributed by atoms with Crippen LogP contribution in [0.1, 0.15) is 61.3 Å². The highest BCUT2D eigenvalue weighted by Crippen LogP contribution is 2.33. The summed E-state index contributed by atoms with van der Waals surface area (Å²) in [7, 11) is 0. The first-order chi connectivity index (χ1) is 17.0. The molecule has 35 heavy (non-hydrogen) atoms. The second-order valence-electron chi connectivity index (χ2n) is 10.1. The average molecular weight is 473 g/mol. The number of fused-ring (bicyclic) bond motifs is 2. The van der Waals surface area contributed by atoms with Gasteiger partial charge in [-0.25, -0.2) is 0 Å². The molecule has 1 heterocycles. The van der Waals surface area contributed by atoms with E-state index in [2.05, 4.69) is 53.1 Å². The van der Waals surface area contributed by atoms with Gasteiger partial charge in [0.25, 0.3) is 0 Å². The molecule has 1 aliphatic heterocycles. The molecular formula is C29H32N2O4. The molecule has 6 heteroatoms. The SMILES string of the molecule is OC1=CC(O)CC(O)=C1C1NC(OC2CCCC2)=CC(c2ccc3cc4c(cc3c2)C=CCC4)N1. The number of aliphatic hydroxyl groups excluding tert-OH is 3. The van der Waals surface area contributed by atoms with E-state index in [0.717, 1.165) is 31.2 Å². The molecule has 0 amide bonds. The number of hydrogen-bond acceptors (Lipinski definition) is 6. The van der Waals surface area contributed by atoms with Crippen LogP contribution in [-0.4, -0.2) is 33.7 Å². The molecule has 0 spiro atoms. The Morgan fingerprint density at radius 3 is 2.66 bits per heavy atom. The summed E-state index contributed by atoms with van der Waals surface area (Å²) in [5.41, 5.74) is 4.10. The van der Waals surface area contributed by atoms with Crippen molar-refractivity contribution in [3.63, 3.8) is 0 Å². The fraction of sp³-hybridized carbons (Fsp3) is 0.379. The summed E-state index contributed by atoms with van der Waals surface area (Å²) in [6, 6.07) is 10.9. The molecule has 0 bridgehead atoms. The Labute approximate surface area is 205 Å². The third-order valence-corrected chi connectivity index (χ3v) is 7.53. The molecular weight excluding hydrogens is 440 g/mol. The molecule has 3 atom stereocenters. The summed E-state index contributed by atoms with van der Waals surface area (Å²) >= 11 is 0. The first-order valence-electron chi connectivity index (χ1n) is 12.7. The Hall–Kier alpha value is -3.22. The molecule has 4 aliphatic rings. The Morgan fingerprint density at radius 2 is 1.83 bits per heavy atom. The van der Waals surface area contributed by atoms with Gasteiger partial charge in [-0.05, 0) is 90.3 Å². The second kappa shape index (κ2) is 9.10. The summed E-state index contributed by atoms with van der Waals surface area (Å²) in [6.07, 6.45) is 13.2. The van der Waals surface area contributed by atoms with Crippen LogP contribution in [0.4, 0.5) is 0 Å². The number of hydrogen-bond donors (Lipinski definition) is 5. The van der Waals surface area contributed by atoms with Gasteiger partial charge in [0.2, 0.25) is 0 Å². The van der Waals surface area contributed by atoms with Crippen molar-refractivity contribution < 1.29 is 20.1 Å². The highest BCUT2D eigenvalue weighted by atomic mass is 16.5. The van der Waals surface area contributed by atoms with Gasteiger partial charge in [0, 0.05) is 6.42 Å². The minimum atomic E-state index is -0.900. The van der Waals surface area contributed by atoms with Gasteiger partial charge < -0.3 is 25.4 Å². The van der Waals surface area contributed by atoms with Crippen molar-refractivity contribution in [1.82, 2.24) is 10.6 Å². The Bertz CT molecular complexity index is 1270. The number of benzene rings is 2. The van der Waals surface area contributed by atoms with E-state index in [0.29, 0.717) is 11.5 Å². The average Bonchev–Trinajstić information content (AvgIpc) is 3.34. The second-order valence-corrected chi connectivity index (χ2v) is 10.1. The lowest BCUT2D eigenvalue weighted by atomic mass is 9.92. The maximum Gasteiger partial charge on any atom is 0.186 e. The van der Waals surface area contributed by atoms with Gasteiger partial charge in [-0.1, -0.05) is 30.4 Å². The maximum absolute atomic E-state index is 10.6. The number of aryl methyl sites for hydroxylation is 1. The molecule has 3 unspecified atom stereocenters. The van der Waals surface area contributed by atoms with Gasteiger partial charge >= 0.3 is 0 Å².